The summed E-state index contributed by atoms with van der Waals surface area (Å²) in [6.07, 6.45) is 2.14. The van der Waals surface area contributed by atoms with Crippen molar-refractivity contribution in [2.24, 2.45) is 0 Å². The van der Waals surface area contributed by atoms with Gasteiger partial charge in [0.25, 0.3) is 0 Å². The van der Waals surface area contributed by atoms with E-state index in [9.17, 15) is 4.79 Å². The van der Waals surface area contributed by atoms with Gasteiger partial charge in [-0.2, -0.15) is 0 Å². The first-order chi connectivity index (χ1) is 6.78. The summed E-state index contributed by atoms with van der Waals surface area (Å²) in [5.74, 6) is 0. The SMILES string of the molecule is CCN(CC)CCCN(CC)CC=O. The zero-order valence-electron chi connectivity index (χ0n) is 9.83. The normalized spacial score (nSPS) is 11.2. The van der Waals surface area contributed by atoms with Crippen molar-refractivity contribution >= 4 is 6.29 Å². The fraction of sp³-hybridized carbons (Fsp3) is 0.909. The van der Waals surface area contributed by atoms with E-state index in [0.29, 0.717) is 6.54 Å². The molecule has 0 aromatic carbocycles. The molecule has 0 heterocycles. The molecule has 84 valence electrons. The molecule has 0 saturated heterocycles. The molecule has 0 saturated carbocycles. The van der Waals surface area contributed by atoms with Gasteiger partial charge >= 0.3 is 0 Å². The Morgan fingerprint density at radius 1 is 0.929 bits per heavy atom. The van der Waals surface area contributed by atoms with Gasteiger partial charge in [0.05, 0.1) is 6.54 Å². The zero-order valence-corrected chi connectivity index (χ0v) is 9.83. The predicted octanol–water partition coefficient (Wildman–Crippen LogP) is 1.24. The predicted molar refractivity (Wildman–Crippen MR) is 60.6 cm³/mol. The molecule has 14 heavy (non-hydrogen) atoms. The number of hydrogen-bond acceptors (Lipinski definition) is 3. The molecule has 0 aromatic rings. The van der Waals surface area contributed by atoms with Crippen LogP contribution in [0.1, 0.15) is 27.2 Å². The lowest BCUT2D eigenvalue weighted by Gasteiger charge is -2.21. The summed E-state index contributed by atoms with van der Waals surface area (Å²) in [6, 6.07) is 0. The minimum absolute atomic E-state index is 0.578. The van der Waals surface area contributed by atoms with Crippen molar-refractivity contribution in [1.29, 1.82) is 0 Å². The van der Waals surface area contributed by atoms with Gasteiger partial charge in [-0.25, -0.2) is 0 Å². The Morgan fingerprint density at radius 2 is 1.43 bits per heavy atom. The maximum Gasteiger partial charge on any atom is 0.133 e. The Balaban J connectivity index is 3.53. The molecular formula is C11H24N2O. The molecule has 3 nitrogen and oxygen atoms in total. The smallest absolute Gasteiger partial charge is 0.133 e. The number of aldehydes is 1. The lowest BCUT2D eigenvalue weighted by Crippen LogP contribution is -2.31. The van der Waals surface area contributed by atoms with Gasteiger partial charge in [0.1, 0.15) is 6.29 Å². The lowest BCUT2D eigenvalue weighted by atomic mass is 10.3. The molecule has 0 radical (unpaired) electrons. The van der Waals surface area contributed by atoms with E-state index in [1.54, 1.807) is 0 Å². The summed E-state index contributed by atoms with van der Waals surface area (Å²) in [5, 5.41) is 0. The Bertz CT molecular complexity index is 135. The summed E-state index contributed by atoms with van der Waals surface area (Å²) >= 11 is 0. The molecular weight excluding hydrogens is 176 g/mol. The standard InChI is InChI=1S/C11H24N2O/c1-4-12(5-2)8-7-9-13(6-3)10-11-14/h11H,4-10H2,1-3H3. The highest BCUT2D eigenvalue weighted by Crippen LogP contribution is 1.94. The second kappa shape index (κ2) is 9.16. The van der Waals surface area contributed by atoms with Crippen molar-refractivity contribution < 1.29 is 4.79 Å². The van der Waals surface area contributed by atoms with Gasteiger partial charge in [-0.1, -0.05) is 20.8 Å². The number of likely N-dealkylation sites (N-methyl/N-ethyl adjacent to an activating group) is 1. The summed E-state index contributed by atoms with van der Waals surface area (Å²) in [4.78, 5) is 14.9. The molecule has 0 amide bonds. The Hall–Kier alpha value is -0.410. The number of nitrogens with zero attached hydrogens (tertiary/aromatic N) is 2. The maximum atomic E-state index is 10.3. The highest BCUT2D eigenvalue weighted by atomic mass is 16.1. The van der Waals surface area contributed by atoms with Crippen LogP contribution in [0.25, 0.3) is 0 Å². The van der Waals surface area contributed by atoms with Crippen LogP contribution >= 0.6 is 0 Å². The minimum Gasteiger partial charge on any atom is -0.304 e. The van der Waals surface area contributed by atoms with E-state index >= 15 is 0 Å². The minimum atomic E-state index is 0.578. The maximum absolute atomic E-state index is 10.3. The number of carbonyl (C=O) groups excluding carboxylic acids is 1. The van der Waals surface area contributed by atoms with Crippen LogP contribution in [0.15, 0.2) is 0 Å². The number of hydrogen-bond donors (Lipinski definition) is 0. The fourth-order valence-corrected chi connectivity index (χ4v) is 1.54. The molecule has 0 rings (SSSR count). The van der Waals surface area contributed by atoms with Gasteiger partial charge in [0.2, 0.25) is 0 Å². The van der Waals surface area contributed by atoms with Crippen molar-refractivity contribution in [1.82, 2.24) is 9.80 Å². The Labute approximate surface area is 88.1 Å². The summed E-state index contributed by atoms with van der Waals surface area (Å²) in [5.41, 5.74) is 0. The average molecular weight is 200 g/mol. The summed E-state index contributed by atoms with van der Waals surface area (Å²) in [7, 11) is 0. The first kappa shape index (κ1) is 13.6. The third kappa shape index (κ3) is 6.11. The van der Waals surface area contributed by atoms with Crippen molar-refractivity contribution in [2.75, 3.05) is 39.3 Å². The second-order valence-corrected chi connectivity index (χ2v) is 3.44. The molecule has 0 aromatic heterocycles. The quantitative estimate of drug-likeness (QED) is 0.523. The third-order valence-electron chi connectivity index (χ3n) is 2.62. The van der Waals surface area contributed by atoms with E-state index < -0.39 is 0 Å². The number of carbonyl (C=O) groups is 1. The van der Waals surface area contributed by atoms with Gasteiger partial charge in [-0.05, 0) is 39.1 Å². The van der Waals surface area contributed by atoms with E-state index in [1.165, 1.54) is 0 Å². The topological polar surface area (TPSA) is 23.6 Å². The summed E-state index contributed by atoms with van der Waals surface area (Å²) in [6.45, 7) is 12.4. The van der Waals surface area contributed by atoms with Crippen LogP contribution in [-0.2, 0) is 4.79 Å². The van der Waals surface area contributed by atoms with Gasteiger partial charge in [-0.3, -0.25) is 4.90 Å². The monoisotopic (exact) mass is 200 g/mol. The first-order valence-electron chi connectivity index (χ1n) is 5.66. The highest BCUT2D eigenvalue weighted by molar-refractivity contribution is 5.51. The van der Waals surface area contributed by atoms with Crippen LogP contribution in [0, 0.1) is 0 Å². The molecule has 0 unspecified atom stereocenters. The lowest BCUT2D eigenvalue weighted by molar-refractivity contribution is -0.108. The van der Waals surface area contributed by atoms with Crippen molar-refractivity contribution in [3.8, 4) is 0 Å². The first-order valence-corrected chi connectivity index (χ1v) is 5.66. The summed E-state index contributed by atoms with van der Waals surface area (Å²) < 4.78 is 0. The van der Waals surface area contributed by atoms with Crippen molar-refractivity contribution in [3.05, 3.63) is 0 Å². The number of rotatable bonds is 9. The van der Waals surface area contributed by atoms with Crippen LogP contribution < -0.4 is 0 Å². The van der Waals surface area contributed by atoms with Gasteiger partial charge in [0, 0.05) is 0 Å². The van der Waals surface area contributed by atoms with Crippen molar-refractivity contribution in [3.63, 3.8) is 0 Å². The van der Waals surface area contributed by atoms with Gasteiger partial charge < -0.3 is 9.69 Å². The highest BCUT2D eigenvalue weighted by Gasteiger charge is 2.02. The molecule has 0 aliphatic carbocycles. The molecule has 0 spiro atoms. The van der Waals surface area contributed by atoms with Gasteiger partial charge in [-0.15, -0.1) is 0 Å². The van der Waals surface area contributed by atoms with E-state index in [-0.39, 0.29) is 0 Å². The molecule has 0 N–H and O–H groups in total. The molecule has 0 bridgehead atoms. The molecule has 0 aliphatic heterocycles. The van der Waals surface area contributed by atoms with E-state index in [0.717, 1.165) is 45.4 Å². The average Bonchev–Trinajstić information content (AvgIpc) is 2.23. The fourth-order valence-electron chi connectivity index (χ4n) is 1.54. The Kier molecular flexibility index (Phi) is 8.89. The third-order valence-corrected chi connectivity index (χ3v) is 2.62. The van der Waals surface area contributed by atoms with Crippen LogP contribution in [0.5, 0.6) is 0 Å². The van der Waals surface area contributed by atoms with Crippen LogP contribution in [0.3, 0.4) is 0 Å². The Morgan fingerprint density at radius 3 is 1.86 bits per heavy atom. The van der Waals surface area contributed by atoms with Crippen molar-refractivity contribution in [2.45, 2.75) is 27.2 Å². The molecule has 0 fully saturated rings. The van der Waals surface area contributed by atoms with Gasteiger partial charge in [0.15, 0.2) is 0 Å². The zero-order chi connectivity index (χ0) is 10.8. The van der Waals surface area contributed by atoms with E-state index in [4.69, 9.17) is 0 Å². The molecule has 0 aliphatic rings. The molecule has 3 heteroatoms. The van der Waals surface area contributed by atoms with Crippen LogP contribution in [-0.4, -0.2) is 55.4 Å². The van der Waals surface area contributed by atoms with E-state index in [1.807, 2.05) is 0 Å². The molecule has 0 atom stereocenters. The van der Waals surface area contributed by atoms with Crippen LogP contribution in [0.4, 0.5) is 0 Å². The van der Waals surface area contributed by atoms with E-state index in [2.05, 4.69) is 30.6 Å². The largest absolute Gasteiger partial charge is 0.304 e. The second-order valence-electron chi connectivity index (χ2n) is 3.44. The van der Waals surface area contributed by atoms with Crippen LogP contribution in [0.2, 0.25) is 0 Å².